The monoisotopic (exact) mass is 278 g/mol. The molecule has 0 N–H and O–H groups in total. The molecule has 102 valence electrons. The first kappa shape index (κ1) is 13.9. The Kier molecular flexibility index (Phi) is 4.15. The number of hydrogen-bond donors (Lipinski definition) is 0. The van der Waals surface area contributed by atoms with Gasteiger partial charge in [-0.1, -0.05) is 31.5 Å². The number of nitrogens with zero attached hydrogens (tertiary/aromatic N) is 2. The molecule has 0 spiro atoms. The number of halogens is 1. The Morgan fingerprint density at radius 3 is 2.63 bits per heavy atom. The van der Waals surface area contributed by atoms with Crippen LogP contribution in [0.1, 0.15) is 25.1 Å². The number of benzene rings is 1. The van der Waals surface area contributed by atoms with Gasteiger partial charge in [0, 0.05) is 0 Å². The molecule has 0 radical (unpaired) electrons. The lowest BCUT2D eigenvalue weighted by molar-refractivity contribution is 0.412. The molecule has 0 amide bonds. The molecule has 1 aromatic carbocycles. The first-order valence-corrected chi connectivity index (χ1v) is 6.77. The van der Waals surface area contributed by atoms with E-state index in [9.17, 15) is 0 Å². The number of hydrogen-bond acceptors (Lipinski definition) is 2. The minimum Gasteiger partial charge on any atom is -0.495 e. The van der Waals surface area contributed by atoms with E-state index in [1.807, 2.05) is 17.6 Å². The maximum atomic E-state index is 6.24. The molecule has 4 heteroatoms. The predicted molar refractivity (Wildman–Crippen MR) is 78.4 cm³/mol. The SMILES string of the molecule is COc1cc(CC(C)C)ccc1-n1cnc(C)c1Cl. The van der Waals surface area contributed by atoms with Gasteiger partial charge in [-0.2, -0.15) is 0 Å². The Bertz CT molecular complexity index is 576. The lowest BCUT2D eigenvalue weighted by atomic mass is 10.0. The topological polar surface area (TPSA) is 27.1 Å². The lowest BCUT2D eigenvalue weighted by Crippen LogP contribution is -2.00. The van der Waals surface area contributed by atoms with Crippen LogP contribution in [-0.4, -0.2) is 16.7 Å². The van der Waals surface area contributed by atoms with Crippen LogP contribution in [0.5, 0.6) is 5.75 Å². The molecular weight excluding hydrogens is 260 g/mol. The second-order valence-electron chi connectivity index (χ2n) is 5.09. The number of rotatable bonds is 4. The number of ether oxygens (including phenoxy) is 1. The van der Waals surface area contributed by atoms with Crippen LogP contribution in [-0.2, 0) is 6.42 Å². The zero-order valence-electron chi connectivity index (χ0n) is 11.8. The average molecular weight is 279 g/mol. The molecule has 0 aliphatic rings. The summed E-state index contributed by atoms with van der Waals surface area (Å²) in [5, 5.41) is 0.620. The molecule has 0 bridgehead atoms. The molecule has 1 aromatic heterocycles. The summed E-state index contributed by atoms with van der Waals surface area (Å²) in [7, 11) is 1.68. The van der Waals surface area contributed by atoms with E-state index in [4.69, 9.17) is 16.3 Å². The smallest absolute Gasteiger partial charge is 0.143 e. The van der Waals surface area contributed by atoms with Crippen LogP contribution in [0.25, 0.3) is 5.69 Å². The van der Waals surface area contributed by atoms with Crippen molar-refractivity contribution < 1.29 is 4.74 Å². The molecule has 0 saturated heterocycles. The van der Waals surface area contributed by atoms with E-state index in [1.165, 1.54) is 5.56 Å². The van der Waals surface area contributed by atoms with Crippen molar-refractivity contribution in [1.82, 2.24) is 9.55 Å². The van der Waals surface area contributed by atoms with Gasteiger partial charge in [0.1, 0.15) is 17.2 Å². The van der Waals surface area contributed by atoms with Crippen LogP contribution in [0.3, 0.4) is 0 Å². The summed E-state index contributed by atoms with van der Waals surface area (Å²) >= 11 is 6.24. The number of imidazole rings is 1. The van der Waals surface area contributed by atoms with E-state index < -0.39 is 0 Å². The highest BCUT2D eigenvalue weighted by molar-refractivity contribution is 6.30. The first-order chi connectivity index (χ1) is 9.02. The second-order valence-corrected chi connectivity index (χ2v) is 5.45. The van der Waals surface area contributed by atoms with Crippen LogP contribution < -0.4 is 4.74 Å². The Hall–Kier alpha value is -1.48. The van der Waals surface area contributed by atoms with Crippen molar-refractivity contribution in [3.63, 3.8) is 0 Å². The minimum absolute atomic E-state index is 0.620. The molecule has 3 nitrogen and oxygen atoms in total. The van der Waals surface area contributed by atoms with Gasteiger partial charge in [-0.25, -0.2) is 4.98 Å². The van der Waals surface area contributed by atoms with Gasteiger partial charge in [0.15, 0.2) is 0 Å². The first-order valence-electron chi connectivity index (χ1n) is 6.39. The summed E-state index contributed by atoms with van der Waals surface area (Å²) in [6, 6.07) is 6.22. The summed E-state index contributed by atoms with van der Waals surface area (Å²) in [6.07, 6.45) is 2.75. The number of aromatic nitrogens is 2. The molecule has 0 atom stereocenters. The van der Waals surface area contributed by atoms with E-state index in [0.29, 0.717) is 11.1 Å². The zero-order chi connectivity index (χ0) is 14.0. The summed E-state index contributed by atoms with van der Waals surface area (Å²) in [4.78, 5) is 4.21. The fraction of sp³-hybridized carbons (Fsp3) is 0.400. The van der Waals surface area contributed by atoms with Crippen LogP contribution in [0.2, 0.25) is 5.15 Å². The molecule has 0 fully saturated rings. The fourth-order valence-electron chi connectivity index (χ4n) is 2.11. The van der Waals surface area contributed by atoms with Crippen molar-refractivity contribution in [2.24, 2.45) is 5.92 Å². The van der Waals surface area contributed by atoms with Crippen LogP contribution in [0.15, 0.2) is 24.5 Å². The molecule has 2 aromatic rings. The highest BCUT2D eigenvalue weighted by Gasteiger charge is 2.12. The van der Waals surface area contributed by atoms with Gasteiger partial charge in [-0.3, -0.25) is 4.57 Å². The largest absolute Gasteiger partial charge is 0.495 e. The van der Waals surface area contributed by atoms with Crippen molar-refractivity contribution in [1.29, 1.82) is 0 Å². The van der Waals surface area contributed by atoms with Gasteiger partial charge in [-0.05, 0) is 37.0 Å². The van der Waals surface area contributed by atoms with E-state index in [-0.39, 0.29) is 0 Å². The highest BCUT2D eigenvalue weighted by atomic mass is 35.5. The summed E-state index contributed by atoms with van der Waals surface area (Å²) < 4.78 is 7.32. The van der Waals surface area contributed by atoms with Crippen molar-refractivity contribution in [2.75, 3.05) is 7.11 Å². The predicted octanol–water partition coefficient (Wildman–Crippen LogP) is 4.04. The van der Waals surface area contributed by atoms with Crippen molar-refractivity contribution in [2.45, 2.75) is 27.2 Å². The van der Waals surface area contributed by atoms with Crippen molar-refractivity contribution in [3.05, 3.63) is 40.9 Å². The maximum Gasteiger partial charge on any atom is 0.143 e. The van der Waals surface area contributed by atoms with Gasteiger partial charge in [0.05, 0.1) is 18.5 Å². The van der Waals surface area contributed by atoms with E-state index in [1.54, 1.807) is 13.4 Å². The quantitative estimate of drug-likeness (QED) is 0.844. The Balaban J connectivity index is 2.44. The molecule has 0 unspecified atom stereocenters. The molecule has 0 aliphatic carbocycles. The second kappa shape index (κ2) is 5.66. The van der Waals surface area contributed by atoms with Crippen LogP contribution in [0.4, 0.5) is 0 Å². The van der Waals surface area contributed by atoms with Crippen LogP contribution in [0, 0.1) is 12.8 Å². The number of aryl methyl sites for hydroxylation is 1. The van der Waals surface area contributed by atoms with Gasteiger partial charge in [-0.15, -0.1) is 0 Å². The maximum absolute atomic E-state index is 6.24. The molecule has 0 aliphatic heterocycles. The minimum atomic E-state index is 0.620. The molecule has 0 saturated carbocycles. The summed E-state index contributed by atoms with van der Waals surface area (Å²) in [5.74, 6) is 1.44. The molecule has 2 rings (SSSR count). The van der Waals surface area contributed by atoms with Gasteiger partial charge >= 0.3 is 0 Å². The Morgan fingerprint density at radius 2 is 2.11 bits per heavy atom. The average Bonchev–Trinajstić information content (AvgIpc) is 2.69. The Morgan fingerprint density at radius 1 is 1.37 bits per heavy atom. The summed E-state index contributed by atoms with van der Waals surface area (Å²) in [5.41, 5.74) is 3.00. The normalized spacial score (nSPS) is 11.1. The van der Waals surface area contributed by atoms with E-state index >= 15 is 0 Å². The molecular formula is C15H19ClN2O. The number of methoxy groups -OCH3 is 1. The molecule has 1 heterocycles. The fourth-order valence-corrected chi connectivity index (χ4v) is 2.29. The van der Waals surface area contributed by atoms with E-state index in [2.05, 4.69) is 31.0 Å². The lowest BCUT2D eigenvalue weighted by Gasteiger charge is -2.13. The Labute approximate surface area is 119 Å². The standard InChI is InChI=1S/C15H19ClN2O/c1-10(2)7-12-5-6-13(14(8-12)19-4)18-9-17-11(3)15(18)16/h5-6,8-10H,7H2,1-4H3. The van der Waals surface area contributed by atoms with Gasteiger partial charge in [0.25, 0.3) is 0 Å². The highest BCUT2D eigenvalue weighted by Crippen LogP contribution is 2.29. The zero-order valence-corrected chi connectivity index (χ0v) is 12.5. The van der Waals surface area contributed by atoms with Crippen molar-refractivity contribution in [3.8, 4) is 11.4 Å². The summed E-state index contributed by atoms with van der Waals surface area (Å²) in [6.45, 7) is 6.30. The van der Waals surface area contributed by atoms with Gasteiger partial charge in [0.2, 0.25) is 0 Å². The van der Waals surface area contributed by atoms with Crippen LogP contribution >= 0.6 is 11.6 Å². The van der Waals surface area contributed by atoms with Gasteiger partial charge < -0.3 is 4.74 Å². The molecule has 19 heavy (non-hydrogen) atoms. The van der Waals surface area contributed by atoms with Crippen molar-refractivity contribution >= 4 is 11.6 Å². The third-order valence-corrected chi connectivity index (χ3v) is 3.48. The third kappa shape index (κ3) is 2.92. The third-order valence-electron chi connectivity index (χ3n) is 3.02. The van der Waals surface area contributed by atoms with E-state index in [0.717, 1.165) is 23.6 Å².